The fourth-order valence-corrected chi connectivity index (χ4v) is 3.25. The van der Waals surface area contributed by atoms with E-state index < -0.39 is 0 Å². The highest BCUT2D eigenvalue weighted by Crippen LogP contribution is 2.17. The molecular weight excluding hydrogens is 329 g/mol. The van der Waals surface area contributed by atoms with Gasteiger partial charge < -0.3 is 15.1 Å². The third kappa shape index (κ3) is 4.82. The Morgan fingerprint density at radius 3 is 2.42 bits per heavy atom. The minimum Gasteiger partial charge on any atom is -0.368 e. The molecule has 0 aromatic heterocycles. The molecule has 26 heavy (non-hydrogen) atoms. The number of halogens is 1. The predicted octanol–water partition coefficient (Wildman–Crippen LogP) is 2.96. The zero-order chi connectivity index (χ0) is 18.4. The number of anilines is 1. The van der Waals surface area contributed by atoms with Crippen molar-refractivity contribution in [2.75, 3.05) is 37.6 Å². The second-order valence-electron chi connectivity index (χ2n) is 6.70. The maximum absolute atomic E-state index is 13.0. The zero-order valence-corrected chi connectivity index (χ0v) is 15.2. The van der Waals surface area contributed by atoms with Crippen LogP contribution in [0.1, 0.15) is 17.5 Å². The Bertz CT molecular complexity index is 724. The number of nitrogens with one attached hydrogen (secondary N) is 1. The molecule has 0 bridgehead atoms. The second kappa shape index (κ2) is 8.81. The summed E-state index contributed by atoms with van der Waals surface area (Å²) in [7, 11) is 0. The third-order valence-corrected chi connectivity index (χ3v) is 4.92. The first-order valence-electron chi connectivity index (χ1n) is 9.17. The molecule has 3 rings (SSSR count). The first-order chi connectivity index (χ1) is 12.6. The number of nitrogens with zero attached hydrogens (tertiary/aromatic N) is 2. The highest BCUT2D eigenvalue weighted by molar-refractivity contribution is 5.76. The first kappa shape index (κ1) is 18.4. The molecule has 0 atom stereocenters. The Morgan fingerprint density at radius 1 is 1.04 bits per heavy atom. The molecule has 1 aliphatic rings. The molecule has 1 saturated heterocycles. The lowest BCUT2D eigenvalue weighted by Gasteiger charge is -2.36. The molecule has 0 spiro atoms. The van der Waals surface area contributed by atoms with E-state index in [1.165, 1.54) is 23.3 Å². The topological polar surface area (TPSA) is 35.6 Å². The van der Waals surface area contributed by atoms with Gasteiger partial charge in [0.2, 0.25) is 5.91 Å². The summed E-state index contributed by atoms with van der Waals surface area (Å²) < 4.78 is 13.0. The van der Waals surface area contributed by atoms with E-state index in [9.17, 15) is 9.18 Å². The number of piperazine rings is 1. The molecule has 1 fully saturated rings. The molecule has 2 aromatic rings. The van der Waals surface area contributed by atoms with Crippen molar-refractivity contribution in [2.24, 2.45) is 0 Å². The van der Waals surface area contributed by atoms with E-state index in [-0.39, 0.29) is 11.7 Å². The average molecular weight is 355 g/mol. The van der Waals surface area contributed by atoms with E-state index in [1.807, 2.05) is 17.0 Å². The number of hydrogen-bond donors (Lipinski definition) is 1. The second-order valence-corrected chi connectivity index (χ2v) is 6.70. The SMILES string of the molecule is Cc1ccccc1CNCCC(=O)N1CCN(c2ccc(F)cc2)CC1. The summed E-state index contributed by atoms with van der Waals surface area (Å²) in [5, 5.41) is 3.36. The summed E-state index contributed by atoms with van der Waals surface area (Å²) in [6.45, 7) is 6.58. The van der Waals surface area contributed by atoms with Crippen LogP contribution in [0.3, 0.4) is 0 Å². The van der Waals surface area contributed by atoms with Crippen molar-refractivity contribution in [1.82, 2.24) is 10.2 Å². The van der Waals surface area contributed by atoms with Crippen LogP contribution in [-0.4, -0.2) is 43.5 Å². The Balaban J connectivity index is 1.38. The smallest absolute Gasteiger partial charge is 0.223 e. The lowest BCUT2D eigenvalue weighted by Crippen LogP contribution is -2.49. The van der Waals surface area contributed by atoms with Crippen LogP contribution in [0.25, 0.3) is 0 Å². The molecule has 0 saturated carbocycles. The molecule has 0 aliphatic carbocycles. The lowest BCUT2D eigenvalue weighted by atomic mass is 10.1. The third-order valence-electron chi connectivity index (χ3n) is 4.92. The number of benzene rings is 2. The van der Waals surface area contributed by atoms with Gasteiger partial charge in [0.15, 0.2) is 0 Å². The van der Waals surface area contributed by atoms with Gasteiger partial charge in [-0.1, -0.05) is 24.3 Å². The Kier molecular flexibility index (Phi) is 6.23. The Labute approximate surface area is 154 Å². The molecule has 0 radical (unpaired) electrons. The molecule has 4 nitrogen and oxygen atoms in total. The molecule has 1 aliphatic heterocycles. The number of aryl methyl sites for hydroxylation is 1. The molecule has 1 heterocycles. The van der Waals surface area contributed by atoms with Gasteiger partial charge in [0.05, 0.1) is 0 Å². The van der Waals surface area contributed by atoms with Gasteiger partial charge in [-0.2, -0.15) is 0 Å². The lowest BCUT2D eigenvalue weighted by molar-refractivity contribution is -0.131. The number of carbonyl (C=O) groups is 1. The van der Waals surface area contributed by atoms with Crippen molar-refractivity contribution < 1.29 is 9.18 Å². The van der Waals surface area contributed by atoms with Crippen molar-refractivity contribution in [3.05, 3.63) is 65.5 Å². The summed E-state index contributed by atoms with van der Waals surface area (Å²) in [6, 6.07) is 14.8. The van der Waals surface area contributed by atoms with Crippen molar-refractivity contribution in [3.63, 3.8) is 0 Å². The van der Waals surface area contributed by atoms with Gasteiger partial charge in [-0.15, -0.1) is 0 Å². The summed E-state index contributed by atoms with van der Waals surface area (Å²) in [5.74, 6) is -0.0261. The minimum atomic E-state index is -0.222. The van der Waals surface area contributed by atoms with E-state index in [0.717, 1.165) is 25.3 Å². The van der Waals surface area contributed by atoms with Crippen molar-refractivity contribution in [2.45, 2.75) is 19.9 Å². The van der Waals surface area contributed by atoms with Crippen LogP contribution in [0.15, 0.2) is 48.5 Å². The minimum absolute atomic E-state index is 0.195. The maximum atomic E-state index is 13.0. The number of rotatable bonds is 6. The number of carbonyl (C=O) groups excluding carboxylic acids is 1. The molecular formula is C21H26FN3O. The van der Waals surface area contributed by atoms with Gasteiger partial charge in [-0.05, 0) is 42.3 Å². The quantitative estimate of drug-likeness (QED) is 0.810. The van der Waals surface area contributed by atoms with Crippen molar-refractivity contribution in [3.8, 4) is 0 Å². The van der Waals surface area contributed by atoms with E-state index in [2.05, 4.69) is 29.3 Å². The van der Waals surface area contributed by atoms with E-state index in [4.69, 9.17) is 0 Å². The molecule has 5 heteroatoms. The zero-order valence-electron chi connectivity index (χ0n) is 15.2. The van der Waals surface area contributed by atoms with Crippen LogP contribution in [0.4, 0.5) is 10.1 Å². The van der Waals surface area contributed by atoms with Gasteiger partial charge >= 0.3 is 0 Å². The fourth-order valence-electron chi connectivity index (χ4n) is 3.25. The van der Waals surface area contributed by atoms with Crippen LogP contribution in [-0.2, 0) is 11.3 Å². The van der Waals surface area contributed by atoms with Crippen LogP contribution >= 0.6 is 0 Å². The number of hydrogen-bond acceptors (Lipinski definition) is 3. The van der Waals surface area contributed by atoms with Gasteiger partial charge in [-0.3, -0.25) is 4.79 Å². The van der Waals surface area contributed by atoms with Crippen LogP contribution in [0.2, 0.25) is 0 Å². The average Bonchev–Trinajstić information content (AvgIpc) is 2.67. The van der Waals surface area contributed by atoms with Crippen LogP contribution < -0.4 is 10.2 Å². The van der Waals surface area contributed by atoms with E-state index in [0.29, 0.717) is 26.1 Å². The standard InChI is InChI=1S/C21H26FN3O/c1-17-4-2-3-5-18(17)16-23-11-10-21(26)25-14-12-24(13-15-25)20-8-6-19(22)7-9-20/h2-9,23H,10-16H2,1H3. The monoisotopic (exact) mass is 355 g/mol. The highest BCUT2D eigenvalue weighted by atomic mass is 19.1. The van der Waals surface area contributed by atoms with Gasteiger partial charge in [0.1, 0.15) is 5.82 Å². The Hall–Kier alpha value is -2.40. The molecule has 1 amide bonds. The predicted molar refractivity (Wildman–Crippen MR) is 103 cm³/mol. The van der Waals surface area contributed by atoms with Crippen molar-refractivity contribution >= 4 is 11.6 Å². The normalized spacial score (nSPS) is 14.5. The largest absolute Gasteiger partial charge is 0.368 e. The van der Waals surface area contributed by atoms with Crippen molar-refractivity contribution in [1.29, 1.82) is 0 Å². The van der Waals surface area contributed by atoms with Crippen LogP contribution in [0, 0.1) is 12.7 Å². The van der Waals surface area contributed by atoms with E-state index >= 15 is 0 Å². The maximum Gasteiger partial charge on any atom is 0.223 e. The molecule has 138 valence electrons. The summed E-state index contributed by atoms with van der Waals surface area (Å²) in [5.41, 5.74) is 3.55. The van der Waals surface area contributed by atoms with Crippen LogP contribution in [0.5, 0.6) is 0 Å². The fraction of sp³-hybridized carbons (Fsp3) is 0.381. The van der Waals surface area contributed by atoms with Gasteiger partial charge in [0.25, 0.3) is 0 Å². The summed E-state index contributed by atoms with van der Waals surface area (Å²) in [6.07, 6.45) is 0.516. The Morgan fingerprint density at radius 2 is 1.73 bits per heavy atom. The summed E-state index contributed by atoms with van der Waals surface area (Å²) >= 11 is 0. The molecule has 2 aromatic carbocycles. The molecule has 0 unspecified atom stereocenters. The van der Waals surface area contributed by atoms with E-state index in [1.54, 1.807) is 12.1 Å². The summed E-state index contributed by atoms with van der Waals surface area (Å²) in [4.78, 5) is 16.5. The van der Waals surface area contributed by atoms with Gasteiger partial charge in [-0.25, -0.2) is 4.39 Å². The van der Waals surface area contributed by atoms with Gasteiger partial charge in [0, 0.05) is 51.4 Å². The number of amides is 1. The first-order valence-corrected chi connectivity index (χ1v) is 9.17. The highest BCUT2D eigenvalue weighted by Gasteiger charge is 2.20. The molecule has 1 N–H and O–H groups in total.